The van der Waals surface area contributed by atoms with E-state index >= 15 is 0 Å². The summed E-state index contributed by atoms with van der Waals surface area (Å²) in [7, 11) is 2.17. The van der Waals surface area contributed by atoms with E-state index in [0.29, 0.717) is 11.7 Å². The van der Waals surface area contributed by atoms with Gasteiger partial charge in [0.2, 0.25) is 0 Å². The summed E-state index contributed by atoms with van der Waals surface area (Å²) in [5.74, 6) is 7.55. The van der Waals surface area contributed by atoms with Gasteiger partial charge >= 0.3 is 6.09 Å². The molecule has 0 bridgehead atoms. The van der Waals surface area contributed by atoms with Crippen molar-refractivity contribution in [1.29, 1.82) is 0 Å². The highest BCUT2D eigenvalue weighted by Crippen LogP contribution is 2.33. The third kappa shape index (κ3) is 4.04. The Bertz CT molecular complexity index is 878. The Morgan fingerprint density at radius 1 is 1.10 bits per heavy atom. The summed E-state index contributed by atoms with van der Waals surface area (Å²) in [5, 5.41) is 9.83. The van der Waals surface area contributed by atoms with E-state index in [2.05, 4.69) is 27.0 Å². The van der Waals surface area contributed by atoms with E-state index in [1.54, 1.807) is 32.9 Å². The van der Waals surface area contributed by atoms with Gasteiger partial charge in [-0.3, -0.25) is 0 Å². The van der Waals surface area contributed by atoms with E-state index in [-0.39, 0.29) is 0 Å². The van der Waals surface area contributed by atoms with Gasteiger partial charge in [0, 0.05) is 37.2 Å². The molecule has 2 atom stereocenters. The summed E-state index contributed by atoms with van der Waals surface area (Å²) >= 11 is 0. The number of ether oxygens (including phenoxy) is 1. The van der Waals surface area contributed by atoms with Crippen molar-refractivity contribution in [2.24, 2.45) is 11.8 Å². The van der Waals surface area contributed by atoms with E-state index in [1.807, 2.05) is 24.3 Å². The second kappa shape index (κ2) is 7.27. The van der Waals surface area contributed by atoms with E-state index < -0.39 is 11.7 Å². The highest BCUT2D eigenvalue weighted by atomic mass is 16.6. The Morgan fingerprint density at radius 2 is 1.83 bits per heavy atom. The van der Waals surface area contributed by atoms with Crippen molar-refractivity contribution in [3.8, 4) is 11.3 Å². The maximum Gasteiger partial charge on any atom is 0.429 e. The van der Waals surface area contributed by atoms with Crippen molar-refractivity contribution in [3.05, 3.63) is 36.4 Å². The molecule has 1 amide bonds. The first kappa shape index (κ1) is 19.6. The minimum atomic E-state index is -0.601. The van der Waals surface area contributed by atoms with Crippen molar-refractivity contribution >= 4 is 17.6 Å². The summed E-state index contributed by atoms with van der Waals surface area (Å²) in [5.41, 5.74) is 1.63. The van der Waals surface area contributed by atoms with Gasteiger partial charge in [-0.2, -0.15) is 0 Å². The summed E-state index contributed by atoms with van der Waals surface area (Å²) in [6.07, 6.45) is -0.598. The number of carbonyl (C=O) groups excluding carboxylic acids is 1. The quantitative estimate of drug-likeness (QED) is 0.484. The average Bonchev–Trinajstić information content (AvgIpc) is 3.03. The van der Waals surface area contributed by atoms with Crippen LogP contribution in [-0.2, 0) is 4.74 Å². The molecule has 2 unspecified atom stereocenters. The molecule has 4 rings (SSSR count). The van der Waals surface area contributed by atoms with Crippen LogP contribution in [0.2, 0.25) is 0 Å². The number of carbonyl (C=O) groups is 1. The van der Waals surface area contributed by atoms with Crippen LogP contribution in [0.15, 0.2) is 36.4 Å². The fraction of sp³-hybridized carbons (Fsp3) is 0.476. The Kier molecular flexibility index (Phi) is 4.92. The van der Waals surface area contributed by atoms with Gasteiger partial charge in [0.1, 0.15) is 5.60 Å². The lowest BCUT2D eigenvalue weighted by Crippen LogP contribution is -2.52. The number of hydrogen-bond acceptors (Lipinski definition) is 7. The maximum absolute atomic E-state index is 12.1. The molecule has 2 aliphatic rings. The van der Waals surface area contributed by atoms with Crippen LogP contribution in [0.25, 0.3) is 11.3 Å². The van der Waals surface area contributed by atoms with Crippen LogP contribution < -0.4 is 15.8 Å². The predicted octanol–water partition coefficient (Wildman–Crippen LogP) is 2.51. The first-order valence-electron chi connectivity index (χ1n) is 9.88. The molecule has 2 fully saturated rings. The average molecular weight is 396 g/mol. The van der Waals surface area contributed by atoms with Gasteiger partial charge in [-0.05, 0) is 52.1 Å². The molecule has 8 heteroatoms. The number of amides is 1. The highest BCUT2D eigenvalue weighted by Gasteiger charge is 2.43. The Morgan fingerprint density at radius 3 is 2.38 bits per heavy atom. The molecule has 2 aliphatic heterocycles. The van der Waals surface area contributed by atoms with Crippen LogP contribution in [0.1, 0.15) is 20.8 Å². The third-order valence-electron chi connectivity index (χ3n) is 5.50. The van der Waals surface area contributed by atoms with Gasteiger partial charge in [-0.25, -0.2) is 15.6 Å². The molecule has 29 heavy (non-hydrogen) atoms. The molecule has 2 saturated heterocycles. The Balaban J connectivity index is 1.42. The lowest BCUT2D eigenvalue weighted by Gasteiger charge is -2.40. The monoisotopic (exact) mass is 396 g/mol. The smallest absolute Gasteiger partial charge is 0.429 e. The number of hydrazine groups is 1. The summed E-state index contributed by atoms with van der Waals surface area (Å²) < 4.78 is 5.29. The maximum atomic E-state index is 12.1. The number of likely N-dealkylation sites (tertiary alicyclic amines) is 1. The second-order valence-corrected chi connectivity index (χ2v) is 8.85. The molecular formula is C21H28N6O2. The molecular weight excluding hydrogens is 368 g/mol. The SMILES string of the molecule is CN1CC2CN(c3ccc(-c4ccc(N(N)C(=O)OC(C)(C)C)cc4)nn3)CC21. The zero-order chi connectivity index (χ0) is 20.8. The van der Waals surface area contributed by atoms with Crippen molar-refractivity contribution < 1.29 is 9.53 Å². The van der Waals surface area contributed by atoms with E-state index in [0.717, 1.165) is 41.1 Å². The number of nitrogens with zero attached hydrogens (tertiary/aromatic N) is 5. The molecule has 0 radical (unpaired) electrons. The lowest BCUT2D eigenvalue weighted by molar-refractivity contribution is 0.0580. The number of likely N-dealkylation sites (N-methyl/N-ethyl adjacent to an activating group) is 1. The number of anilines is 2. The first-order valence-corrected chi connectivity index (χ1v) is 9.88. The third-order valence-corrected chi connectivity index (χ3v) is 5.50. The van der Waals surface area contributed by atoms with Crippen LogP contribution >= 0.6 is 0 Å². The van der Waals surface area contributed by atoms with Crippen molar-refractivity contribution in [1.82, 2.24) is 15.1 Å². The van der Waals surface area contributed by atoms with E-state index in [4.69, 9.17) is 10.6 Å². The normalized spacial score (nSPS) is 21.5. The van der Waals surface area contributed by atoms with E-state index in [1.165, 1.54) is 6.54 Å². The molecule has 8 nitrogen and oxygen atoms in total. The van der Waals surface area contributed by atoms with Gasteiger partial charge in [0.25, 0.3) is 0 Å². The van der Waals surface area contributed by atoms with Crippen molar-refractivity contribution in [2.75, 3.05) is 36.6 Å². The zero-order valence-corrected chi connectivity index (χ0v) is 17.4. The first-order chi connectivity index (χ1) is 13.7. The largest absolute Gasteiger partial charge is 0.442 e. The van der Waals surface area contributed by atoms with Crippen LogP contribution in [-0.4, -0.2) is 59.5 Å². The van der Waals surface area contributed by atoms with Crippen LogP contribution in [0.5, 0.6) is 0 Å². The molecule has 0 aliphatic carbocycles. The Hall–Kier alpha value is -2.71. The summed E-state index contributed by atoms with van der Waals surface area (Å²) in [6, 6.07) is 11.9. The van der Waals surface area contributed by atoms with Gasteiger partial charge in [-0.15, -0.1) is 10.2 Å². The van der Waals surface area contributed by atoms with E-state index in [9.17, 15) is 4.79 Å². The molecule has 1 aromatic carbocycles. The molecule has 3 heterocycles. The topological polar surface area (TPSA) is 87.8 Å². The molecule has 0 saturated carbocycles. The molecule has 2 aromatic rings. The van der Waals surface area contributed by atoms with Crippen molar-refractivity contribution in [2.45, 2.75) is 32.4 Å². The fourth-order valence-corrected chi connectivity index (χ4v) is 3.94. The van der Waals surface area contributed by atoms with Gasteiger partial charge < -0.3 is 14.5 Å². The lowest BCUT2D eigenvalue weighted by atomic mass is 9.93. The van der Waals surface area contributed by atoms with Crippen LogP contribution in [0.4, 0.5) is 16.3 Å². The minimum Gasteiger partial charge on any atom is -0.442 e. The number of hydrogen-bond donors (Lipinski definition) is 1. The predicted molar refractivity (Wildman–Crippen MR) is 112 cm³/mol. The number of nitrogens with two attached hydrogens (primary N) is 1. The molecule has 154 valence electrons. The fourth-order valence-electron chi connectivity index (χ4n) is 3.94. The second-order valence-electron chi connectivity index (χ2n) is 8.85. The molecule has 1 aromatic heterocycles. The standard InChI is InChI=1S/C21H28N6O2/c1-21(2,3)29-20(28)27(22)16-7-5-14(6-8-16)17-9-10-19(24-23-17)26-12-15-11-25(4)18(15)13-26/h5-10,15,18H,11-13,22H2,1-4H3. The summed E-state index contributed by atoms with van der Waals surface area (Å²) in [6.45, 7) is 8.64. The minimum absolute atomic E-state index is 0.546. The number of rotatable bonds is 3. The highest BCUT2D eigenvalue weighted by molar-refractivity contribution is 5.86. The number of aromatic nitrogens is 2. The van der Waals surface area contributed by atoms with Crippen LogP contribution in [0, 0.1) is 5.92 Å². The zero-order valence-electron chi connectivity index (χ0n) is 17.4. The van der Waals surface area contributed by atoms with Crippen molar-refractivity contribution in [3.63, 3.8) is 0 Å². The Labute approximate surface area is 171 Å². The van der Waals surface area contributed by atoms with Gasteiger partial charge in [-0.1, -0.05) is 12.1 Å². The molecule has 0 spiro atoms. The molecule has 2 N–H and O–H groups in total. The van der Waals surface area contributed by atoms with Gasteiger partial charge in [0.05, 0.1) is 11.4 Å². The summed E-state index contributed by atoms with van der Waals surface area (Å²) in [4.78, 5) is 16.8. The number of fused-ring (bicyclic) bond motifs is 1. The number of benzene rings is 1. The van der Waals surface area contributed by atoms with Crippen LogP contribution in [0.3, 0.4) is 0 Å². The van der Waals surface area contributed by atoms with Gasteiger partial charge in [0.15, 0.2) is 5.82 Å².